The highest BCUT2D eigenvalue weighted by molar-refractivity contribution is 5.97. The molecule has 420 valence electrons. The zero-order valence-corrected chi connectivity index (χ0v) is 42.9. The summed E-state index contributed by atoms with van der Waals surface area (Å²) >= 11 is 0. The molecule has 0 saturated carbocycles. The average molecular weight is 1050 g/mol. The smallest absolute Gasteiger partial charge is 0.243 e. The Morgan fingerprint density at radius 3 is 0.743 bits per heavy atom. The highest BCUT2D eigenvalue weighted by Gasteiger charge is 2.33. The summed E-state index contributed by atoms with van der Waals surface area (Å²) in [5.74, 6) is -6.27. The standard InChI is InChI=1S/C42H85N25O7/c1-23(2)30(68)22-62-31(69)25(11-5-17-57-38(45)46)63-33(71)27(13-7-19-59-40(49)50)65-35(73)29(15-9-21-61-42(53)54)67-36(74)28(14-8-20-60-41(51)52)66-34(72)26(12-6-18-58-39(47)48)64-32(70)24(55-3)10-4-16-56-37(43)44/h23-29,55H,4-22H2,1-3H3,(H,62,69)(H,63,71)(H,64,70)(H,65,73)(H,66,72)(H,67,74)(H4,43,44,56)(H4,45,46,57)(H4,47,48,58)(H4,49,50,59)(H4,51,52,60)(H4,53,54,61)/t24-,25-,26-,27-,28-,29-/m0/s1. The van der Waals surface area contributed by atoms with Crippen LogP contribution in [0.2, 0.25) is 0 Å². The molecule has 74 heavy (non-hydrogen) atoms. The second-order valence-corrected chi connectivity index (χ2v) is 17.2. The van der Waals surface area contributed by atoms with Gasteiger partial charge in [-0.2, -0.15) is 0 Å². The van der Waals surface area contributed by atoms with Crippen molar-refractivity contribution >= 4 is 77.0 Å². The summed E-state index contributed by atoms with van der Waals surface area (Å²) in [5.41, 5.74) is 65.9. The first kappa shape index (κ1) is 66.1. The molecule has 32 nitrogen and oxygen atoms in total. The molecule has 0 aliphatic heterocycles. The van der Waals surface area contributed by atoms with Crippen LogP contribution in [-0.2, 0) is 33.6 Å². The molecule has 0 aromatic rings. The maximum Gasteiger partial charge on any atom is 0.243 e. The molecule has 0 heterocycles. The van der Waals surface area contributed by atoms with Crippen LogP contribution in [0.4, 0.5) is 0 Å². The van der Waals surface area contributed by atoms with E-state index in [1.807, 2.05) is 0 Å². The van der Waals surface area contributed by atoms with Crippen LogP contribution in [0.15, 0.2) is 30.0 Å². The van der Waals surface area contributed by atoms with Crippen LogP contribution in [0.3, 0.4) is 0 Å². The van der Waals surface area contributed by atoms with E-state index in [0.29, 0.717) is 12.8 Å². The predicted octanol–water partition coefficient (Wildman–Crippen LogP) is -8.34. The Hall–Kier alpha value is -7.93. The number of ketones is 1. The molecule has 31 N–H and O–H groups in total. The Balaban J connectivity index is 7.08. The van der Waals surface area contributed by atoms with Crippen LogP contribution in [0.1, 0.15) is 90.9 Å². The van der Waals surface area contributed by atoms with Gasteiger partial charge in [0.05, 0.1) is 12.6 Å². The first-order chi connectivity index (χ1) is 34.9. The van der Waals surface area contributed by atoms with Gasteiger partial charge in [-0.1, -0.05) is 13.8 Å². The molecule has 0 unspecified atom stereocenters. The summed E-state index contributed by atoms with van der Waals surface area (Å²) in [7, 11) is 1.56. The van der Waals surface area contributed by atoms with Gasteiger partial charge in [0.25, 0.3) is 0 Å². The van der Waals surface area contributed by atoms with E-state index in [1.54, 1.807) is 20.9 Å². The molecular weight excluding hydrogens is 967 g/mol. The number of Topliss-reactive ketones (excluding diaryl/α,β-unsaturated/α-hetero) is 1. The largest absolute Gasteiger partial charge is 0.370 e. The number of carbonyl (C=O) groups is 7. The van der Waals surface area contributed by atoms with Gasteiger partial charge in [-0.25, -0.2) is 0 Å². The maximum atomic E-state index is 14.4. The minimum atomic E-state index is -1.40. The lowest BCUT2D eigenvalue weighted by Crippen LogP contribution is -2.59. The van der Waals surface area contributed by atoms with Gasteiger partial charge in [0.2, 0.25) is 35.4 Å². The number of rotatable bonds is 39. The molecule has 0 spiro atoms. The number of likely N-dealkylation sites (N-methyl/N-ethyl adjacent to an activating group) is 1. The Bertz CT molecular complexity index is 1950. The van der Waals surface area contributed by atoms with E-state index in [-0.39, 0.29) is 157 Å². The molecule has 6 atom stereocenters. The summed E-state index contributed by atoms with van der Waals surface area (Å²) < 4.78 is 0. The number of aliphatic imine (C=N–C) groups is 6. The second kappa shape index (κ2) is 37.8. The van der Waals surface area contributed by atoms with Gasteiger partial charge in [0.1, 0.15) is 30.2 Å². The third kappa shape index (κ3) is 32.1. The minimum absolute atomic E-state index is 0.0240. The summed E-state index contributed by atoms with van der Waals surface area (Å²) in [4.78, 5) is 120. The van der Waals surface area contributed by atoms with Gasteiger partial charge in [-0.05, 0) is 84.1 Å². The Labute approximate surface area is 431 Å². The van der Waals surface area contributed by atoms with Crippen LogP contribution in [0, 0.1) is 5.92 Å². The van der Waals surface area contributed by atoms with E-state index >= 15 is 0 Å². The van der Waals surface area contributed by atoms with Gasteiger partial charge in [0.15, 0.2) is 41.5 Å². The van der Waals surface area contributed by atoms with Crippen molar-refractivity contribution in [1.82, 2.24) is 37.2 Å². The summed E-state index contributed by atoms with van der Waals surface area (Å²) in [6.07, 6.45) is 1.43. The molecule has 0 aromatic carbocycles. The number of amides is 6. The lowest BCUT2D eigenvalue weighted by atomic mass is 10.0. The number of nitrogens with zero attached hydrogens (tertiary/aromatic N) is 6. The Kier molecular flexibility index (Phi) is 33.7. The lowest BCUT2D eigenvalue weighted by Gasteiger charge is -2.27. The van der Waals surface area contributed by atoms with Crippen molar-refractivity contribution < 1.29 is 33.6 Å². The van der Waals surface area contributed by atoms with Crippen LogP contribution in [0.25, 0.3) is 0 Å². The fourth-order valence-corrected chi connectivity index (χ4v) is 6.64. The van der Waals surface area contributed by atoms with Gasteiger partial charge in [-0.15, -0.1) is 0 Å². The van der Waals surface area contributed by atoms with E-state index in [2.05, 4.69) is 67.2 Å². The van der Waals surface area contributed by atoms with Gasteiger partial charge >= 0.3 is 0 Å². The molecular formula is C42H85N25O7. The zero-order chi connectivity index (χ0) is 56.2. The number of nitrogens with one attached hydrogen (secondary N) is 7. The second-order valence-electron chi connectivity index (χ2n) is 17.2. The molecule has 0 aromatic heterocycles. The van der Waals surface area contributed by atoms with Crippen molar-refractivity contribution in [3.8, 4) is 0 Å². The normalized spacial score (nSPS) is 13.1. The van der Waals surface area contributed by atoms with Crippen molar-refractivity contribution in [3.05, 3.63) is 0 Å². The van der Waals surface area contributed by atoms with Crippen LogP contribution < -0.4 is 106 Å². The third-order valence-corrected chi connectivity index (χ3v) is 10.6. The van der Waals surface area contributed by atoms with Gasteiger partial charge in [0, 0.05) is 45.2 Å². The minimum Gasteiger partial charge on any atom is -0.370 e. The van der Waals surface area contributed by atoms with Crippen LogP contribution in [-0.4, -0.2) is 166 Å². The fourth-order valence-electron chi connectivity index (χ4n) is 6.64. The van der Waals surface area contributed by atoms with Crippen molar-refractivity contribution in [2.24, 2.45) is 105 Å². The van der Waals surface area contributed by atoms with Crippen LogP contribution >= 0.6 is 0 Å². The van der Waals surface area contributed by atoms with E-state index < -0.39 is 71.7 Å². The molecule has 0 radical (unpaired) electrons. The molecule has 0 bridgehead atoms. The predicted molar refractivity (Wildman–Crippen MR) is 285 cm³/mol. The topological polar surface area (TPSA) is 590 Å². The van der Waals surface area contributed by atoms with Crippen molar-refractivity contribution in [2.45, 2.75) is 127 Å². The Morgan fingerprint density at radius 2 is 0.541 bits per heavy atom. The maximum absolute atomic E-state index is 14.4. The van der Waals surface area contributed by atoms with E-state index in [0.717, 1.165) is 0 Å². The monoisotopic (exact) mass is 1050 g/mol. The van der Waals surface area contributed by atoms with Gasteiger partial charge in [-0.3, -0.25) is 63.5 Å². The molecule has 0 aliphatic carbocycles. The average Bonchev–Trinajstić information content (AvgIpc) is 3.31. The first-order valence-electron chi connectivity index (χ1n) is 24.2. The van der Waals surface area contributed by atoms with Crippen molar-refractivity contribution in [2.75, 3.05) is 52.9 Å². The highest BCUT2D eigenvalue weighted by Crippen LogP contribution is 2.10. The molecule has 32 heteroatoms. The zero-order valence-electron chi connectivity index (χ0n) is 42.9. The Morgan fingerprint density at radius 1 is 0.338 bits per heavy atom. The SMILES string of the molecule is CN[C@@H](CCCN=C(N)N)C(=O)N[C@@H](CCCN=C(N)N)C(=O)N[C@@H](CCCN=C(N)N)C(=O)N[C@@H](CCCN=C(N)N)C(=O)N[C@@H](CCCN=C(N)N)C(=O)N[C@@H](CCCN=C(N)N)C(=O)NCC(=O)C(C)C. The third-order valence-electron chi connectivity index (χ3n) is 10.6. The first-order valence-corrected chi connectivity index (χ1v) is 24.2. The quantitative estimate of drug-likeness (QED) is 0.0154. The molecule has 6 amide bonds. The number of nitrogens with two attached hydrogens (primary N) is 12. The van der Waals surface area contributed by atoms with Crippen molar-refractivity contribution in [1.29, 1.82) is 0 Å². The number of carbonyl (C=O) groups excluding carboxylic acids is 7. The van der Waals surface area contributed by atoms with Crippen LogP contribution in [0.5, 0.6) is 0 Å². The number of guanidine groups is 6. The van der Waals surface area contributed by atoms with E-state index in [4.69, 9.17) is 68.8 Å². The number of hydrogen-bond acceptors (Lipinski definition) is 14. The lowest BCUT2D eigenvalue weighted by molar-refractivity contribution is -0.135. The molecule has 0 saturated heterocycles. The molecule has 0 rings (SSSR count). The summed E-state index contributed by atoms with van der Waals surface area (Å²) in [6, 6.07) is -7.32. The molecule has 0 aliphatic rings. The number of hydrogen-bond donors (Lipinski definition) is 19. The highest BCUT2D eigenvalue weighted by atomic mass is 16.2. The van der Waals surface area contributed by atoms with Gasteiger partial charge < -0.3 is 106 Å². The summed E-state index contributed by atoms with van der Waals surface area (Å²) in [6.45, 7) is 3.62. The summed E-state index contributed by atoms with van der Waals surface area (Å²) in [5, 5.41) is 18.9. The van der Waals surface area contributed by atoms with E-state index in [1.165, 1.54) is 0 Å². The fraction of sp³-hybridized carbons (Fsp3) is 0.690. The van der Waals surface area contributed by atoms with E-state index in [9.17, 15) is 33.6 Å². The van der Waals surface area contributed by atoms with Crippen molar-refractivity contribution in [3.63, 3.8) is 0 Å². The molecule has 0 fully saturated rings.